The first-order valence-corrected chi connectivity index (χ1v) is 8.46. The molecule has 3 heteroatoms. The van der Waals surface area contributed by atoms with Crippen molar-refractivity contribution in [1.82, 2.24) is 15.1 Å². The van der Waals surface area contributed by atoms with Crippen LogP contribution in [0.1, 0.15) is 38.5 Å². The number of hydrogen-bond donors (Lipinski definition) is 1. The molecule has 3 nitrogen and oxygen atoms in total. The van der Waals surface area contributed by atoms with Gasteiger partial charge in [0.05, 0.1) is 0 Å². The van der Waals surface area contributed by atoms with E-state index in [1.807, 2.05) is 0 Å². The van der Waals surface area contributed by atoms with Crippen LogP contribution in [0, 0.1) is 11.8 Å². The van der Waals surface area contributed by atoms with E-state index in [0.29, 0.717) is 0 Å². The monoisotopic (exact) mass is 265 g/mol. The molecule has 3 aliphatic heterocycles. The zero-order valence-corrected chi connectivity index (χ0v) is 12.6. The number of piperidine rings is 3. The fourth-order valence-corrected chi connectivity index (χ4v) is 4.47. The lowest BCUT2D eigenvalue weighted by molar-refractivity contribution is 0.0359. The van der Waals surface area contributed by atoms with Crippen molar-refractivity contribution in [2.75, 3.05) is 46.3 Å². The largest absolute Gasteiger partial charge is 0.317 e. The Bertz CT molecular complexity index is 275. The number of fused-ring (bicyclic) bond motifs is 1. The summed E-state index contributed by atoms with van der Waals surface area (Å²) in [6.45, 7) is 7.91. The first-order valence-electron chi connectivity index (χ1n) is 8.46. The summed E-state index contributed by atoms with van der Waals surface area (Å²) in [5, 5.41) is 3.48. The molecule has 3 saturated heterocycles. The lowest BCUT2D eigenvalue weighted by Crippen LogP contribution is -2.52. The van der Waals surface area contributed by atoms with Crippen LogP contribution >= 0.6 is 0 Å². The van der Waals surface area contributed by atoms with Gasteiger partial charge in [0.1, 0.15) is 0 Å². The molecule has 2 atom stereocenters. The van der Waals surface area contributed by atoms with E-state index in [9.17, 15) is 0 Å². The second-order valence-electron chi connectivity index (χ2n) is 7.02. The van der Waals surface area contributed by atoms with Gasteiger partial charge in [-0.1, -0.05) is 0 Å². The fourth-order valence-electron chi connectivity index (χ4n) is 4.47. The van der Waals surface area contributed by atoms with Gasteiger partial charge in [0.2, 0.25) is 0 Å². The number of nitrogens with zero attached hydrogens (tertiary/aromatic N) is 2. The van der Waals surface area contributed by atoms with Crippen LogP contribution in [-0.2, 0) is 0 Å². The van der Waals surface area contributed by atoms with Crippen molar-refractivity contribution in [1.29, 1.82) is 0 Å². The van der Waals surface area contributed by atoms with Gasteiger partial charge in [0.15, 0.2) is 0 Å². The van der Waals surface area contributed by atoms with Crippen LogP contribution < -0.4 is 5.32 Å². The van der Waals surface area contributed by atoms with Crippen LogP contribution in [0.4, 0.5) is 0 Å². The lowest BCUT2D eigenvalue weighted by Gasteiger charge is -2.46. The first-order chi connectivity index (χ1) is 9.33. The maximum Gasteiger partial charge on any atom is 0.0145 e. The van der Waals surface area contributed by atoms with Crippen LogP contribution in [0.25, 0.3) is 0 Å². The third-order valence-electron chi connectivity index (χ3n) is 5.74. The zero-order valence-electron chi connectivity index (χ0n) is 12.6. The Labute approximate surface area is 118 Å². The van der Waals surface area contributed by atoms with E-state index in [1.54, 1.807) is 0 Å². The Kier molecular flexibility index (Phi) is 4.78. The van der Waals surface area contributed by atoms with Gasteiger partial charge in [0, 0.05) is 12.6 Å². The molecule has 0 aromatic heterocycles. The SMILES string of the molecule is CN1CCCC2CN(CCC3CCNCC3)CCC21. The molecule has 0 radical (unpaired) electrons. The summed E-state index contributed by atoms with van der Waals surface area (Å²) < 4.78 is 0. The molecule has 0 aromatic carbocycles. The minimum absolute atomic E-state index is 0.892. The highest BCUT2D eigenvalue weighted by molar-refractivity contribution is 4.89. The molecule has 0 saturated carbocycles. The molecule has 0 amide bonds. The van der Waals surface area contributed by atoms with E-state index < -0.39 is 0 Å². The Hall–Kier alpha value is -0.120. The van der Waals surface area contributed by atoms with Gasteiger partial charge < -0.3 is 15.1 Å². The maximum atomic E-state index is 3.48. The Morgan fingerprint density at radius 2 is 1.89 bits per heavy atom. The van der Waals surface area contributed by atoms with E-state index in [4.69, 9.17) is 0 Å². The smallest absolute Gasteiger partial charge is 0.0145 e. The van der Waals surface area contributed by atoms with Gasteiger partial charge in [-0.25, -0.2) is 0 Å². The Morgan fingerprint density at radius 3 is 2.74 bits per heavy atom. The Morgan fingerprint density at radius 1 is 1.05 bits per heavy atom. The van der Waals surface area contributed by atoms with E-state index in [0.717, 1.165) is 17.9 Å². The summed E-state index contributed by atoms with van der Waals surface area (Å²) in [6.07, 6.45) is 8.55. The summed E-state index contributed by atoms with van der Waals surface area (Å²) in [7, 11) is 2.33. The molecule has 1 N–H and O–H groups in total. The van der Waals surface area contributed by atoms with Gasteiger partial charge >= 0.3 is 0 Å². The number of hydrogen-bond acceptors (Lipinski definition) is 3. The summed E-state index contributed by atoms with van der Waals surface area (Å²) in [4.78, 5) is 5.39. The number of likely N-dealkylation sites (tertiary alicyclic amines) is 2. The summed E-state index contributed by atoms with van der Waals surface area (Å²) in [5.74, 6) is 1.95. The highest BCUT2D eigenvalue weighted by Crippen LogP contribution is 2.30. The summed E-state index contributed by atoms with van der Waals surface area (Å²) in [6, 6.07) is 0.892. The van der Waals surface area contributed by atoms with Crippen LogP contribution in [0.5, 0.6) is 0 Å². The number of rotatable bonds is 3. The van der Waals surface area contributed by atoms with Gasteiger partial charge in [-0.3, -0.25) is 0 Å². The molecule has 0 aliphatic carbocycles. The zero-order chi connectivity index (χ0) is 13.1. The first kappa shape index (κ1) is 13.8. The van der Waals surface area contributed by atoms with Crippen molar-refractivity contribution in [3.8, 4) is 0 Å². The molecule has 3 rings (SSSR count). The average molecular weight is 265 g/mol. The van der Waals surface area contributed by atoms with Crippen molar-refractivity contribution in [2.24, 2.45) is 11.8 Å². The van der Waals surface area contributed by atoms with Crippen LogP contribution in [0.15, 0.2) is 0 Å². The predicted molar refractivity (Wildman–Crippen MR) is 80.4 cm³/mol. The van der Waals surface area contributed by atoms with Crippen molar-refractivity contribution >= 4 is 0 Å². The third kappa shape index (κ3) is 3.50. The number of nitrogens with one attached hydrogen (secondary N) is 1. The molecule has 2 unspecified atom stereocenters. The van der Waals surface area contributed by atoms with E-state index >= 15 is 0 Å². The average Bonchev–Trinajstić information content (AvgIpc) is 2.46. The highest BCUT2D eigenvalue weighted by Gasteiger charge is 2.34. The van der Waals surface area contributed by atoms with E-state index in [2.05, 4.69) is 22.2 Å². The standard InChI is InChI=1S/C16H31N3/c1-18-10-2-3-15-13-19(12-7-16(15)18)11-6-14-4-8-17-9-5-14/h14-17H,2-13H2,1H3. The van der Waals surface area contributed by atoms with Crippen LogP contribution in [0.3, 0.4) is 0 Å². The second kappa shape index (κ2) is 6.55. The summed E-state index contributed by atoms with van der Waals surface area (Å²) >= 11 is 0. The van der Waals surface area contributed by atoms with Gasteiger partial charge in [0.25, 0.3) is 0 Å². The minimum Gasteiger partial charge on any atom is -0.317 e. The van der Waals surface area contributed by atoms with Crippen molar-refractivity contribution in [3.05, 3.63) is 0 Å². The van der Waals surface area contributed by atoms with Gasteiger partial charge in [-0.05, 0) is 90.1 Å². The topological polar surface area (TPSA) is 18.5 Å². The molecular formula is C16H31N3. The van der Waals surface area contributed by atoms with Crippen LogP contribution in [-0.4, -0.2) is 62.2 Å². The molecule has 0 spiro atoms. The second-order valence-corrected chi connectivity index (χ2v) is 7.02. The van der Waals surface area contributed by atoms with Gasteiger partial charge in [-0.2, -0.15) is 0 Å². The van der Waals surface area contributed by atoms with Gasteiger partial charge in [-0.15, -0.1) is 0 Å². The van der Waals surface area contributed by atoms with Crippen LogP contribution in [0.2, 0.25) is 0 Å². The normalized spacial score (nSPS) is 35.2. The molecule has 110 valence electrons. The lowest BCUT2D eigenvalue weighted by atomic mass is 9.84. The molecule has 0 aromatic rings. The maximum absolute atomic E-state index is 3.48. The van der Waals surface area contributed by atoms with E-state index in [-0.39, 0.29) is 0 Å². The van der Waals surface area contributed by atoms with Crippen molar-refractivity contribution in [2.45, 2.75) is 44.6 Å². The quantitative estimate of drug-likeness (QED) is 0.839. The Balaban J connectivity index is 1.43. The molecular weight excluding hydrogens is 234 g/mol. The van der Waals surface area contributed by atoms with Crippen molar-refractivity contribution in [3.63, 3.8) is 0 Å². The third-order valence-corrected chi connectivity index (χ3v) is 5.74. The molecule has 3 heterocycles. The highest BCUT2D eigenvalue weighted by atomic mass is 15.2. The summed E-state index contributed by atoms with van der Waals surface area (Å²) in [5.41, 5.74) is 0. The molecule has 19 heavy (non-hydrogen) atoms. The predicted octanol–water partition coefficient (Wildman–Crippen LogP) is 1.79. The molecule has 0 bridgehead atoms. The molecule has 3 aliphatic rings. The molecule has 3 fully saturated rings. The van der Waals surface area contributed by atoms with Crippen molar-refractivity contribution < 1.29 is 0 Å². The van der Waals surface area contributed by atoms with E-state index in [1.165, 1.54) is 77.8 Å². The fraction of sp³-hybridized carbons (Fsp3) is 1.00. The minimum atomic E-state index is 0.892.